The van der Waals surface area contributed by atoms with Gasteiger partial charge in [-0.2, -0.15) is 0 Å². The second-order valence-electron chi connectivity index (χ2n) is 6.39. The van der Waals surface area contributed by atoms with Crippen molar-refractivity contribution in [2.75, 3.05) is 20.8 Å². The van der Waals surface area contributed by atoms with Crippen LogP contribution < -0.4 is 20.1 Å². The largest absolute Gasteiger partial charge is 0.493 e. The molecule has 1 aromatic rings. The van der Waals surface area contributed by atoms with Crippen molar-refractivity contribution in [3.05, 3.63) is 23.8 Å². The summed E-state index contributed by atoms with van der Waals surface area (Å²) in [6, 6.07) is 4.35. The number of methoxy groups -OCH3 is 2. The van der Waals surface area contributed by atoms with E-state index in [0.29, 0.717) is 17.1 Å². The maximum Gasteiger partial charge on any atom is 0.325 e. The Balaban J connectivity index is 2.24. The van der Waals surface area contributed by atoms with Crippen LogP contribution >= 0.6 is 0 Å². The molecule has 2 rings (SSSR count). The molecule has 1 heterocycles. The van der Waals surface area contributed by atoms with E-state index in [1.807, 2.05) is 13.8 Å². The standard InChI is InChI=1S/C18H25N3O5/c1-6-11(2)19-15(22)10-21-16(23)18(3,20-17(21)24)12-7-8-13(25-4)14(9-12)26-5/h7-9,11H,6,10H2,1-5H3,(H,19,22)(H,20,24)/t11-,18+/m0/s1. The molecule has 1 aliphatic rings. The first kappa shape index (κ1) is 19.6. The number of nitrogens with one attached hydrogen (secondary N) is 2. The van der Waals surface area contributed by atoms with E-state index in [4.69, 9.17) is 9.47 Å². The number of rotatable bonds is 7. The predicted molar refractivity (Wildman–Crippen MR) is 95.0 cm³/mol. The summed E-state index contributed by atoms with van der Waals surface area (Å²) in [6.07, 6.45) is 0.759. The van der Waals surface area contributed by atoms with Crippen molar-refractivity contribution in [1.29, 1.82) is 0 Å². The SMILES string of the molecule is CC[C@H](C)NC(=O)CN1C(=O)N[C@](C)(c2ccc(OC)c(OC)c2)C1=O. The van der Waals surface area contributed by atoms with Crippen LogP contribution in [0.3, 0.4) is 0 Å². The number of urea groups is 1. The van der Waals surface area contributed by atoms with Gasteiger partial charge in [0.1, 0.15) is 12.1 Å². The summed E-state index contributed by atoms with van der Waals surface area (Å²) in [5.74, 6) is 0.0936. The van der Waals surface area contributed by atoms with E-state index in [9.17, 15) is 14.4 Å². The summed E-state index contributed by atoms with van der Waals surface area (Å²) in [4.78, 5) is 38.2. The molecule has 26 heavy (non-hydrogen) atoms. The number of nitrogens with zero attached hydrogens (tertiary/aromatic N) is 1. The lowest BCUT2D eigenvalue weighted by atomic mass is 9.91. The van der Waals surface area contributed by atoms with Gasteiger partial charge >= 0.3 is 6.03 Å². The maximum atomic E-state index is 12.9. The van der Waals surface area contributed by atoms with Gasteiger partial charge in [-0.25, -0.2) is 4.79 Å². The zero-order valence-corrected chi connectivity index (χ0v) is 15.7. The highest BCUT2D eigenvalue weighted by Crippen LogP contribution is 2.35. The van der Waals surface area contributed by atoms with Gasteiger partial charge in [-0.1, -0.05) is 13.0 Å². The highest BCUT2D eigenvalue weighted by atomic mass is 16.5. The fraction of sp³-hybridized carbons (Fsp3) is 0.500. The zero-order valence-electron chi connectivity index (χ0n) is 15.7. The van der Waals surface area contributed by atoms with Crippen molar-refractivity contribution < 1.29 is 23.9 Å². The lowest BCUT2D eigenvalue weighted by Crippen LogP contribution is -2.44. The summed E-state index contributed by atoms with van der Waals surface area (Å²) < 4.78 is 10.5. The second-order valence-corrected chi connectivity index (χ2v) is 6.39. The van der Waals surface area contributed by atoms with E-state index in [-0.39, 0.29) is 18.5 Å². The summed E-state index contributed by atoms with van der Waals surface area (Å²) in [6.45, 7) is 5.07. The molecule has 1 fully saturated rings. The predicted octanol–water partition coefficient (Wildman–Crippen LogP) is 1.39. The van der Waals surface area contributed by atoms with Crippen molar-refractivity contribution in [3.8, 4) is 11.5 Å². The molecule has 142 valence electrons. The third-order valence-corrected chi connectivity index (χ3v) is 4.56. The van der Waals surface area contributed by atoms with Crippen LogP contribution in [0.25, 0.3) is 0 Å². The number of carbonyl (C=O) groups excluding carboxylic acids is 3. The molecule has 0 aliphatic carbocycles. The van der Waals surface area contributed by atoms with Crippen LogP contribution in [0.4, 0.5) is 4.79 Å². The number of ether oxygens (including phenoxy) is 2. The molecular weight excluding hydrogens is 338 g/mol. The number of amides is 4. The van der Waals surface area contributed by atoms with Gasteiger partial charge in [0.2, 0.25) is 5.91 Å². The van der Waals surface area contributed by atoms with Crippen LogP contribution in [0, 0.1) is 0 Å². The van der Waals surface area contributed by atoms with Gasteiger partial charge in [-0.3, -0.25) is 14.5 Å². The maximum absolute atomic E-state index is 12.9. The first-order valence-electron chi connectivity index (χ1n) is 8.42. The molecule has 4 amide bonds. The summed E-state index contributed by atoms with van der Waals surface area (Å²) >= 11 is 0. The monoisotopic (exact) mass is 363 g/mol. The highest BCUT2D eigenvalue weighted by Gasteiger charge is 2.49. The number of hydrogen-bond donors (Lipinski definition) is 2. The Morgan fingerprint density at radius 2 is 1.92 bits per heavy atom. The van der Waals surface area contributed by atoms with Crippen molar-refractivity contribution in [1.82, 2.24) is 15.5 Å². The number of benzene rings is 1. The fourth-order valence-electron chi connectivity index (χ4n) is 2.75. The Morgan fingerprint density at radius 3 is 2.50 bits per heavy atom. The minimum Gasteiger partial charge on any atom is -0.493 e. The van der Waals surface area contributed by atoms with Crippen LogP contribution in [-0.2, 0) is 15.1 Å². The topological polar surface area (TPSA) is 97.0 Å². The van der Waals surface area contributed by atoms with Gasteiger partial charge in [0, 0.05) is 6.04 Å². The minimum absolute atomic E-state index is 0.0273. The van der Waals surface area contributed by atoms with Crippen molar-refractivity contribution in [3.63, 3.8) is 0 Å². The molecule has 0 radical (unpaired) electrons. The van der Waals surface area contributed by atoms with E-state index in [2.05, 4.69) is 10.6 Å². The lowest BCUT2D eigenvalue weighted by Gasteiger charge is -2.23. The Kier molecular flexibility index (Phi) is 5.74. The Bertz CT molecular complexity index is 721. The Morgan fingerprint density at radius 1 is 1.27 bits per heavy atom. The third kappa shape index (κ3) is 3.58. The smallest absolute Gasteiger partial charge is 0.325 e. The molecule has 0 saturated carbocycles. The summed E-state index contributed by atoms with van der Waals surface area (Å²) in [5, 5.41) is 5.42. The van der Waals surface area contributed by atoms with E-state index in [0.717, 1.165) is 11.3 Å². The fourth-order valence-corrected chi connectivity index (χ4v) is 2.75. The second kappa shape index (κ2) is 7.63. The van der Waals surface area contributed by atoms with Gasteiger partial charge in [-0.15, -0.1) is 0 Å². The molecule has 1 aliphatic heterocycles. The van der Waals surface area contributed by atoms with Crippen LogP contribution in [0.5, 0.6) is 11.5 Å². The molecule has 2 atom stereocenters. The first-order chi connectivity index (χ1) is 12.3. The third-order valence-electron chi connectivity index (χ3n) is 4.56. The zero-order chi connectivity index (χ0) is 19.5. The van der Waals surface area contributed by atoms with Crippen LogP contribution in [0.1, 0.15) is 32.8 Å². The first-order valence-corrected chi connectivity index (χ1v) is 8.42. The molecule has 8 heteroatoms. The van der Waals surface area contributed by atoms with Crippen molar-refractivity contribution in [2.45, 2.75) is 38.8 Å². The van der Waals surface area contributed by atoms with Gasteiger partial charge in [0.15, 0.2) is 11.5 Å². The molecule has 1 aromatic carbocycles. The van der Waals surface area contributed by atoms with Gasteiger partial charge < -0.3 is 20.1 Å². The van der Waals surface area contributed by atoms with Gasteiger partial charge in [0.05, 0.1) is 14.2 Å². The average molecular weight is 363 g/mol. The molecule has 2 N–H and O–H groups in total. The number of carbonyl (C=O) groups is 3. The number of imide groups is 1. The van der Waals surface area contributed by atoms with Gasteiger partial charge in [-0.05, 0) is 38.0 Å². The van der Waals surface area contributed by atoms with E-state index in [1.54, 1.807) is 25.1 Å². The molecular formula is C18H25N3O5. The van der Waals surface area contributed by atoms with Crippen LogP contribution in [-0.4, -0.2) is 49.6 Å². The van der Waals surface area contributed by atoms with Crippen LogP contribution in [0.15, 0.2) is 18.2 Å². The van der Waals surface area contributed by atoms with E-state index in [1.165, 1.54) is 14.2 Å². The Labute approximate surface area is 152 Å². The molecule has 0 aromatic heterocycles. The van der Waals surface area contributed by atoms with Crippen LogP contribution in [0.2, 0.25) is 0 Å². The highest BCUT2D eigenvalue weighted by molar-refractivity contribution is 6.09. The molecule has 1 saturated heterocycles. The normalized spacial score (nSPS) is 20.6. The Hall–Kier alpha value is -2.77. The summed E-state index contributed by atoms with van der Waals surface area (Å²) in [7, 11) is 3.00. The molecule has 8 nitrogen and oxygen atoms in total. The number of hydrogen-bond acceptors (Lipinski definition) is 5. The molecule has 0 bridgehead atoms. The minimum atomic E-state index is -1.28. The van der Waals surface area contributed by atoms with E-state index >= 15 is 0 Å². The van der Waals surface area contributed by atoms with Crippen molar-refractivity contribution in [2.24, 2.45) is 0 Å². The average Bonchev–Trinajstić information content (AvgIpc) is 2.84. The quantitative estimate of drug-likeness (QED) is 0.714. The lowest BCUT2D eigenvalue weighted by molar-refractivity contribution is -0.135. The van der Waals surface area contributed by atoms with E-state index < -0.39 is 17.5 Å². The van der Waals surface area contributed by atoms with Crippen molar-refractivity contribution >= 4 is 17.8 Å². The summed E-state index contributed by atoms with van der Waals surface area (Å²) in [5.41, 5.74) is -0.744. The van der Waals surface area contributed by atoms with Gasteiger partial charge in [0.25, 0.3) is 5.91 Å². The molecule has 0 unspecified atom stereocenters. The molecule has 0 spiro atoms.